The van der Waals surface area contributed by atoms with Gasteiger partial charge in [-0.25, -0.2) is 0 Å². The van der Waals surface area contributed by atoms with E-state index >= 15 is 0 Å². The van der Waals surface area contributed by atoms with Crippen LogP contribution in [0, 0.1) is 29.1 Å². The lowest BCUT2D eigenvalue weighted by Gasteiger charge is -2.28. The van der Waals surface area contributed by atoms with Crippen LogP contribution in [0.2, 0.25) is 0 Å². The van der Waals surface area contributed by atoms with Gasteiger partial charge in [-0.1, -0.05) is 6.42 Å². The minimum atomic E-state index is -4.81. The third-order valence-corrected chi connectivity index (χ3v) is 7.05. The predicted octanol–water partition coefficient (Wildman–Crippen LogP) is 2.13. The highest BCUT2D eigenvalue weighted by Gasteiger charge is 2.49. The van der Waals surface area contributed by atoms with Crippen molar-refractivity contribution in [2.75, 3.05) is 19.7 Å². The molecule has 0 radical (unpaired) electrons. The Labute approximate surface area is 205 Å². The van der Waals surface area contributed by atoms with Crippen molar-refractivity contribution in [1.29, 1.82) is 5.26 Å². The molecule has 1 aromatic rings. The van der Waals surface area contributed by atoms with Gasteiger partial charge in [0.15, 0.2) is 6.61 Å². The van der Waals surface area contributed by atoms with E-state index in [1.54, 1.807) is 0 Å². The van der Waals surface area contributed by atoms with Crippen molar-refractivity contribution in [2.24, 2.45) is 17.8 Å². The van der Waals surface area contributed by atoms with Crippen LogP contribution in [0.5, 0.6) is 11.5 Å². The van der Waals surface area contributed by atoms with Crippen molar-refractivity contribution in [3.63, 3.8) is 0 Å². The highest BCUT2D eigenvalue weighted by molar-refractivity contribution is 5.89. The average Bonchev–Trinajstić information content (AvgIpc) is 3.53. The van der Waals surface area contributed by atoms with E-state index in [2.05, 4.69) is 21.4 Å². The number of benzene rings is 1. The molecule has 3 aliphatic rings. The van der Waals surface area contributed by atoms with E-state index in [4.69, 9.17) is 4.74 Å². The van der Waals surface area contributed by atoms with Crippen LogP contribution in [-0.2, 0) is 14.4 Å². The van der Waals surface area contributed by atoms with Crippen LogP contribution < -0.4 is 20.1 Å². The number of alkyl halides is 3. The fraction of sp³-hybridized carbons (Fsp3) is 0.583. The molecule has 36 heavy (non-hydrogen) atoms. The molecule has 1 aromatic carbocycles. The summed E-state index contributed by atoms with van der Waals surface area (Å²) in [7, 11) is 0. The molecule has 0 spiro atoms. The lowest BCUT2D eigenvalue weighted by Crippen LogP contribution is -2.52. The molecule has 2 saturated heterocycles. The number of nitriles is 1. The molecule has 2 heterocycles. The maximum Gasteiger partial charge on any atom is 0.573 e. The lowest BCUT2D eigenvalue weighted by molar-refractivity contribution is -0.274. The van der Waals surface area contributed by atoms with Crippen molar-refractivity contribution in [3.8, 4) is 17.6 Å². The molecular formula is C24H27F3N4O5. The molecule has 12 heteroatoms. The van der Waals surface area contributed by atoms with Gasteiger partial charge in [-0.3, -0.25) is 14.4 Å². The number of rotatable bonds is 8. The maximum absolute atomic E-state index is 13.2. The summed E-state index contributed by atoms with van der Waals surface area (Å²) < 4.78 is 46.2. The Bertz CT molecular complexity index is 1030. The number of hydrogen-bond acceptors (Lipinski definition) is 6. The number of nitrogens with one attached hydrogen (secondary N) is 2. The molecule has 3 fully saturated rings. The highest BCUT2D eigenvalue weighted by Crippen LogP contribution is 2.42. The molecule has 4 rings (SSSR count). The van der Waals surface area contributed by atoms with Crippen molar-refractivity contribution in [1.82, 2.24) is 15.5 Å². The number of nitrogens with zero attached hydrogens (tertiary/aromatic N) is 2. The Balaban J connectivity index is 1.37. The third-order valence-electron chi connectivity index (χ3n) is 7.05. The number of carbonyl (C=O) groups excluding carboxylic acids is 3. The van der Waals surface area contributed by atoms with Gasteiger partial charge in [-0.2, -0.15) is 5.26 Å². The van der Waals surface area contributed by atoms with E-state index < -0.39 is 42.6 Å². The molecule has 0 bridgehead atoms. The van der Waals surface area contributed by atoms with Crippen LogP contribution >= 0.6 is 0 Å². The molecule has 2 N–H and O–H groups in total. The maximum atomic E-state index is 13.2. The largest absolute Gasteiger partial charge is 0.573 e. The van der Waals surface area contributed by atoms with Crippen LogP contribution in [0.3, 0.4) is 0 Å². The van der Waals surface area contributed by atoms with E-state index in [-0.39, 0.29) is 35.8 Å². The zero-order chi connectivity index (χ0) is 25.9. The van der Waals surface area contributed by atoms with Gasteiger partial charge in [-0.15, -0.1) is 13.2 Å². The number of carbonyl (C=O) groups is 3. The number of halogens is 3. The molecule has 5 atom stereocenters. The second kappa shape index (κ2) is 10.6. The van der Waals surface area contributed by atoms with Crippen LogP contribution in [0.15, 0.2) is 24.3 Å². The Morgan fingerprint density at radius 3 is 2.56 bits per heavy atom. The second-order valence-electron chi connectivity index (χ2n) is 9.36. The monoisotopic (exact) mass is 508 g/mol. The van der Waals surface area contributed by atoms with E-state index in [0.29, 0.717) is 19.5 Å². The predicted molar refractivity (Wildman–Crippen MR) is 118 cm³/mol. The first-order valence-electron chi connectivity index (χ1n) is 11.9. The fourth-order valence-electron chi connectivity index (χ4n) is 5.42. The second-order valence-corrected chi connectivity index (χ2v) is 9.36. The zero-order valence-electron chi connectivity index (χ0n) is 19.4. The fourth-order valence-corrected chi connectivity index (χ4v) is 5.42. The minimum Gasteiger partial charge on any atom is -0.484 e. The van der Waals surface area contributed by atoms with Crippen LogP contribution in [0.1, 0.15) is 32.1 Å². The van der Waals surface area contributed by atoms with Crippen molar-refractivity contribution >= 4 is 17.7 Å². The molecule has 1 aliphatic carbocycles. The minimum absolute atomic E-state index is 0.0260. The molecular weight excluding hydrogens is 481 g/mol. The summed E-state index contributed by atoms with van der Waals surface area (Å²) in [5, 5.41) is 15.0. The normalized spacial score (nSPS) is 26.1. The Morgan fingerprint density at radius 1 is 1.19 bits per heavy atom. The highest BCUT2D eigenvalue weighted by atomic mass is 19.4. The SMILES string of the molecule is N#C[C@H](C[C@@H]1CCNC1=O)NC(=O)C1[C@H]2CCC[C@H]2CN1C(=O)COc1ccc(OC(F)(F)F)cc1. The molecule has 1 unspecified atom stereocenters. The lowest BCUT2D eigenvalue weighted by atomic mass is 9.92. The van der Waals surface area contributed by atoms with Crippen LogP contribution in [0.4, 0.5) is 13.2 Å². The average molecular weight is 508 g/mol. The number of likely N-dealkylation sites (tertiary alicyclic amines) is 1. The molecule has 2 aliphatic heterocycles. The summed E-state index contributed by atoms with van der Waals surface area (Å²) in [6, 6.07) is 5.13. The smallest absolute Gasteiger partial charge is 0.484 e. The molecule has 194 valence electrons. The molecule has 9 nitrogen and oxygen atoms in total. The Kier molecular flexibility index (Phi) is 7.56. The van der Waals surface area contributed by atoms with Crippen molar-refractivity contribution in [3.05, 3.63) is 24.3 Å². The Hall–Kier alpha value is -3.49. The van der Waals surface area contributed by atoms with E-state index in [1.165, 1.54) is 17.0 Å². The first kappa shape index (κ1) is 25.6. The summed E-state index contributed by atoms with van der Waals surface area (Å²) in [6.45, 7) is 0.542. The van der Waals surface area contributed by atoms with Gasteiger partial charge in [0.1, 0.15) is 23.6 Å². The summed E-state index contributed by atoms with van der Waals surface area (Å²) in [5.41, 5.74) is 0. The van der Waals surface area contributed by atoms with Gasteiger partial charge in [-0.05, 0) is 61.8 Å². The van der Waals surface area contributed by atoms with Gasteiger partial charge < -0.3 is 25.0 Å². The summed E-state index contributed by atoms with van der Waals surface area (Å²) in [6.07, 6.45) is -1.37. The van der Waals surface area contributed by atoms with Gasteiger partial charge in [0.05, 0.1) is 6.07 Å². The van der Waals surface area contributed by atoms with E-state index in [9.17, 15) is 32.8 Å². The molecule has 1 saturated carbocycles. The third kappa shape index (κ3) is 6.01. The standard InChI is InChI=1S/C24H27F3N4O5/c25-24(26,27)36-18-6-4-17(5-7-18)35-13-20(32)31-12-15-2-1-3-19(15)21(31)23(34)30-16(11-28)10-14-8-9-29-22(14)33/h4-7,14-16,19,21H,1-3,8-10,12-13H2,(H,29,33)(H,30,34)/t14-,15-,16-,19-,21?/m0/s1. The number of ether oxygens (including phenoxy) is 2. The topological polar surface area (TPSA) is 121 Å². The number of hydrogen-bond donors (Lipinski definition) is 2. The van der Waals surface area contributed by atoms with Crippen molar-refractivity contribution < 1.29 is 37.0 Å². The Morgan fingerprint density at radius 2 is 1.92 bits per heavy atom. The van der Waals surface area contributed by atoms with Crippen LogP contribution in [-0.4, -0.2) is 60.8 Å². The van der Waals surface area contributed by atoms with E-state index in [0.717, 1.165) is 31.4 Å². The summed E-state index contributed by atoms with van der Waals surface area (Å²) in [5.74, 6) is -1.40. The van der Waals surface area contributed by atoms with Crippen LogP contribution in [0.25, 0.3) is 0 Å². The quantitative estimate of drug-likeness (QED) is 0.555. The summed E-state index contributed by atoms with van der Waals surface area (Å²) >= 11 is 0. The number of fused-ring (bicyclic) bond motifs is 1. The number of amides is 3. The van der Waals surface area contributed by atoms with Gasteiger partial charge in [0.2, 0.25) is 11.8 Å². The molecule has 0 aromatic heterocycles. The van der Waals surface area contributed by atoms with Crippen molar-refractivity contribution in [2.45, 2.75) is 50.6 Å². The first-order chi connectivity index (χ1) is 17.1. The molecule has 3 amide bonds. The first-order valence-corrected chi connectivity index (χ1v) is 11.9. The van der Waals surface area contributed by atoms with Gasteiger partial charge in [0, 0.05) is 19.0 Å². The summed E-state index contributed by atoms with van der Waals surface area (Å²) in [4.78, 5) is 39.6. The zero-order valence-corrected chi connectivity index (χ0v) is 19.4. The van der Waals surface area contributed by atoms with Gasteiger partial charge in [0.25, 0.3) is 5.91 Å². The van der Waals surface area contributed by atoms with E-state index in [1.807, 2.05) is 0 Å². The van der Waals surface area contributed by atoms with Gasteiger partial charge >= 0.3 is 6.36 Å².